The van der Waals surface area contributed by atoms with Crippen LogP contribution in [0.2, 0.25) is 0 Å². The van der Waals surface area contributed by atoms with Crippen molar-refractivity contribution in [2.75, 3.05) is 43.4 Å². The number of nitrogens with one attached hydrogen (secondary N) is 1. The molecule has 1 N–H and O–H groups in total. The largest absolute Gasteiger partial charge is 0.354 e. The van der Waals surface area contributed by atoms with Crippen molar-refractivity contribution in [2.45, 2.75) is 0 Å². The predicted octanol–water partition coefficient (Wildman–Crippen LogP) is 1.88. The summed E-state index contributed by atoms with van der Waals surface area (Å²) in [5.74, 6) is 1.16. The number of nitrogens with zero attached hydrogens (tertiary/aromatic N) is 4. The molecule has 3 rings (SSSR count). The Morgan fingerprint density at radius 3 is 2.62 bits per heavy atom. The smallest absolute Gasteiger partial charge is 0.249 e. The Morgan fingerprint density at radius 2 is 1.88 bits per heavy atom. The highest BCUT2D eigenvalue weighted by Crippen LogP contribution is 2.15. The molecule has 1 aliphatic heterocycles. The normalized spacial score (nSPS) is 15.6. The van der Waals surface area contributed by atoms with Gasteiger partial charge >= 0.3 is 0 Å². The molecule has 0 atom stereocenters. The lowest BCUT2D eigenvalue weighted by atomic mass is 10.2. The summed E-state index contributed by atoms with van der Waals surface area (Å²) in [5.41, 5.74) is 0.980. The van der Waals surface area contributed by atoms with Crippen molar-refractivity contribution in [1.82, 2.24) is 14.9 Å². The molecule has 0 spiro atoms. The van der Waals surface area contributed by atoms with Gasteiger partial charge in [-0.2, -0.15) is 0 Å². The molecule has 1 aliphatic rings. The van der Waals surface area contributed by atoms with Crippen LogP contribution < -0.4 is 10.2 Å². The first kappa shape index (κ1) is 16.1. The molecule has 1 fully saturated rings. The summed E-state index contributed by atoms with van der Waals surface area (Å²) in [6, 6.07) is 11.5. The molecule has 0 radical (unpaired) electrons. The maximum atomic E-state index is 12.0. The van der Waals surface area contributed by atoms with Gasteiger partial charge in [0.2, 0.25) is 5.91 Å². The summed E-state index contributed by atoms with van der Waals surface area (Å²) in [7, 11) is 2.11. The van der Waals surface area contributed by atoms with E-state index >= 15 is 0 Å². The van der Waals surface area contributed by atoms with Gasteiger partial charge in [0.05, 0.1) is 0 Å². The van der Waals surface area contributed by atoms with Gasteiger partial charge in [0, 0.05) is 38.3 Å². The van der Waals surface area contributed by atoms with Crippen LogP contribution in [0.1, 0.15) is 5.56 Å². The minimum Gasteiger partial charge on any atom is -0.354 e. The molecule has 1 aromatic carbocycles. The van der Waals surface area contributed by atoms with Gasteiger partial charge in [0.25, 0.3) is 0 Å². The quantitative estimate of drug-likeness (QED) is 0.871. The Hall–Kier alpha value is -2.73. The second-order valence-corrected chi connectivity index (χ2v) is 5.79. The fourth-order valence-electron chi connectivity index (χ4n) is 2.53. The Labute approximate surface area is 141 Å². The molecule has 1 amide bonds. The van der Waals surface area contributed by atoms with Crippen molar-refractivity contribution in [3.63, 3.8) is 0 Å². The van der Waals surface area contributed by atoms with Crippen LogP contribution in [0.25, 0.3) is 6.08 Å². The molecular weight excluding hydrogens is 302 g/mol. The first-order valence-corrected chi connectivity index (χ1v) is 8.00. The molecule has 2 aromatic rings. The van der Waals surface area contributed by atoms with Gasteiger partial charge in [-0.3, -0.25) is 4.79 Å². The number of hydrogen-bond donors (Lipinski definition) is 1. The third kappa shape index (κ3) is 4.39. The van der Waals surface area contributed by atoms with Crippen LogP contribution in [-0.4, -0.2) is 54.0 Å². The topological polar surface area (TPSA) is 61.4 Å². The van der Waals surface area contributed by atoms with Crippen LogP contribution in [0.5, 0.6) is 0 Å². The van der Waals surface area contributed by atoms with Crippen molar-refractivity contribution in [2.24, 2.45) is 0 Å². The van der Waals surface area contributed by atoms with Gasteiger partial charge in [-0.25, -0.2) is 9.97 Å². The van der Waals surface area contributed by atoms with E-state index in [1.54, 1.807) is 6.08 Å². The summed E-state index contributed by atoms with van der Waals surface area (Å²) in [5, 5.41) is 2.79. The van der Waals surface area contributed by atoms with Gasteiger partial charge in [-0.15, -0.1) is 0 Å². The number of anilines is 2. The number of piperazine rings is 1. The molecule has 6 nitrogen and oxygen atoms in total. The Morgan fingerprint density at radius 1 is 1.12 bits per heavy atom. The van der Waals surface area contributed by atoms with Crippen LogP contribution in [0.4, 0.5) is 11.6 Å². The minimum absolute atomic E-state index is 0.207. The number of amides is 1. The first-order chi connectivity index (χ1) is 11.7. The third-order valence-electron chi connectivity index (χ3n) is 3.96. The van der Waals surface area contributed by atoms with E-state index < -0.39 is 0 Å². The average Bonchev–Trinajstić information content (AvgIpc) is 2.62. The van der Waals surface area contributed by atoms with Crippen LogP contribution in [0, 0.1) is 0 Å². The molecule has 6 heteroatoms. The monoisotopic (exact) mass is 323 g/mol. The first-order valence-electron chi connectivity index (χ1n) is 8.00. The van der Waals surface area contributed by atoms with E-state index in [1.165, 1.54) is 12.4 Å². The fraction of sp³-hybridized carbons (Fsp3) is 0.278. The van der Waals surface area contributed by atoms with Crippen molar-refractivity contribution >= 4 is 23.6 Å². The highest BCUT2D eigenvalue weighted by molar-refractivity contribution is 6.01. The van der Waals surface area contributed by atoms with Crippen molar-refractivity contribution in [3.05, 3.63) is 54.4 Å². The number of aromatic nitrogens is 2. The van der Waals surface area contributed by atoms with Gasteiger partial charge in [0.1, 0.15) is 18.0 Å². The van der Waals surface area contributed by atoms with Crippen molar-refractivity contribution in [3.8, 4) is 0 Å². The molecule has 0 saturated carbocycles. The zero-order valence-corrected chi connectivity index (χ0v) is 13.7. The van der Waals surface area contributed by atoms with Crippen LogP contribution in [-0.2, 0) is 4.79 Å². The minimum atomic E-state index is -0.207. The molecule has 1 saturated heterocycles. The molecule has 0 bridgehead atoms. The average molecular weight is 323 g/mol. The molecule has 24 heavy (non-hydrogen) atoms. The van der Waals surface area contributed by atoms with Crippen molar-refractivity contribution in [1.29, 1.82) is 0 Å². The summed E-state index contributed by atoms with van der Waals surface area (Å²) in [4.78, 5) is 25.0. The molecule has 1 aromatic heterocycles. The lowest BCUT2D eigenvalue weighted by Crippen LogP contribution is -2.44. The number of hydrogen-bond acceptors (Lipinski definition) is 5. The molecular formula is C18H21N5O. The zero-order chi connectivity index (χ0) is 16.8. The van der Waals surface area contributed by atoms with Gasteiger partial charge in [-0.05, 0) is 18.7 Å². The summed E-state index contributed by atoms with van der Waals surface area (Å²) in [6.45, 7) is 3.86. The fourth-order valence-corrected chi connectivity index (χ4v) is 2.53. The highest BCUT2D eigenvalue weighted by atomic mass is 16.1. The third-order valence-corrected chi connectivity index (χ3v) is 3.96. The number of rotatable bonds is 4. The Kier molecular flexibility index (Phi) is 5.18. The number of carbonyl (C=O) groups excluding carboxylic acids is 1. The van der Waals surface area contributed by atoms with Gasteiger partial charge in [-0.1, -0.05) is 30.3 Å². The molecule has 2 heterocycles. The summed E-state index contributed by atoms with van der Waals surface area (Å²) >= 11 is 0. The summed E-state index contributed by atoms with van der Waals surface area (Å²) in [6.07, 6.45) is 4.77. The van der Waals surface area contributed by atoms with E-state index in [2.05, 4.69) is 32.1 Å². The van der Waals surface area contributed by atoms with E-state index in [1.807, 2.05) is 36.4 Å². The van der Waals surface area contributed by atoms with E-state index in [9.17, 15) is 4.79 Å². The molecule has 0 aliphatic carbocycles. The molecule has 0 unspecified atom stereocenters. The number of benzene rings is 1. The standard InChI is InChI=1S/C18H21N5O/c1-22-9-11-23(12-10-22)17-13-16(19-14-20-17)21-18(24)8-7-15-5-3-2-4-6-15/h2-8,13-14H,9-12H2,1H3,(H,19,20,21,24)/b8-7+. The SMILES string of the molecule is CN1CCN(c2cc(NC(=O)/C=C/c3ccccc3)ncn2)CC1. The molecule has 124 valence electrons. The number of likely N-dealkylation sites (N-methyl/N-ethyl adjacent to an activating group) is 1. The second-order valence-electron chi connectivity index (χ2n) is 5.79. The van der Waals surface area contributed by atoms with Crippen LogP contribution >= 0.6 is 0 Å². The predicted molar refractivity (Wildman–Crippen MR) is 95.8 cm³/mol. The van der Waals surface area contributed by atoms with E-state index in [0.717, 1.165) is 37.6 Å². The number of carbonyl (C=O) groups is 1. The van der Waals surface area contributed by atoms with E-state index in [0.29, 0.717) is 5.82 Å². The van der Waals surface area contributed by atoms with E-state index in [-0.39, 0.29) is 5.91 Å². The Balaban J connectivity index is 1.62. The zero-order valence-electron chi connectivity index (χ0n) is 13.7. The summed E-state index contributed by atoms with van der Waals surface area (Å²) < 4.78 is 0. The second kappa shape index (κ2) is 7.70. The van der Waals surface area contributed by atoms with Crippen LogP contribution in [0.3, 0.4) is 0 Å². The highest BCUT2D eigenvalue weighted by Gasteiger charge is 2.15. The van der Waals surface area contributed by atoms with Gasteiger partial charge < -0.3 is 15.1 Å². The lowest BCUT2D eigenvalue weighted by molar-refractivity contribution is -0.111. The maximum absolute atomic E-state index is 12.0. The van der Waals surface area contributed by atoms with Gasteiger partial charge in [0.15, 0.2) is 0 Å². The lowest BCUT2D eigenvalue weighted by Gasteiger charge is -2.33. The van der Waals surface area contributed by atoms with E-state index in [4.69, 9.17) is 0 Å². The maximum Gasteiger partial charge on any atom is 0.249 e. The van der Waals surface area contributed by atoms with Crippen molar-refractivity contribution < 1.29 is 4.79 Å². The van der Waals surface area contributed by atoms with Crippen LogP contribution in [0.15, 0.2) is 48.8 Å². The Bertz CT molecular complexity index is 708.